The van der Waals surface area contributed by atoms with E-state index in [0.29, 0.717) is 42.4 Å². The molecule has 0 aliphatic carbocycles. The number of unbranched alkanes of at least 4 members (excludes halogenated alkanes) is 13. The lowest BCUT2D eigenvalue weighted by Gasteiger charge is -2.15. The van der Waals surface area contributed by atoms with Crippen LogP contribution in [-0.4, -0.2) is 63.3 Å². The molecule has 6 rings (SSSR count). The van der Waals surface area contributed by atoms with Crippen molar-refractivity contribution in [3.05, 3.63) is 108 Å². The monoisotopic (exact) mass is 822 g/mol. The Morgan fingerprint density at radius 3 is 1.22 bits per heavy atom. The van der Waals surface area contributed by atoms with Crippen molar-refractivity contribution < 1.29 is 47.5 Å². The normalized spacial score (nSPS) is 15.8. The summed E-state index contributed by atoms with van der Waals surface area (Å²) in [7, 11) is 0. The minimum absolute atomic E-state index is 0.123. The highest BCUT2D eigenvalue weighted by atomic mass is 16.6. The van der Waals surface area contributed by atoms with Crippen LogP contribution in [0, 0.1) is 0 Å². The summed E-state index contributed by atoms with van der Waals surface area (Å²) in [5.74, 6) is 3.09. The molecule has 4 aromatic carbocycles. The van der Waals surface area contributed by atoms with E-state index in [0.717, 1.165) is 55.5 Å². The Bertz CT molecular complexity index is 1820. The fourth-order valence-corrected chi connectivity index (χ4v) is 6.74. The molecule has 2 fully saturated rings. The van der Waals surface area contributed by atoms with Gasteiger partial charge in [0, 0.05) is 0 Å². The van der Waals surface area contributed by atoms with E-state index in [9.17, 15) is 9.59 Å². The lowest BCUT2D eigenvalue weighted by Crippen LogP contribution is -2.12. The van der Waals surface area contributed by atoms with Gasteiger partial charge in [0.25, 0.3) is 0 Å². The molecule has 2 aliphatic rings. The van der Waals surface area contributed by atoms with E-state index in [1.54, 1.807) is 72.8 Å². The van der Waals surface area contributed by atoms with E-state index in [1.165, 1.54) is 77.0 Å². The molecule has 10 heteroatoms. The Labute approximate surface area is 355 Å². The van der Waals surface area contributed by atoms with Crippen LogP contribution in [0.4, 0.5) is 0 Å². The van der Waals surface area contributed by atoms with Crippen molar-refractivity contribution >= 4 is 11.9 Å². The molecule has 0 spiro atoms. The van der Waals surface area contributed by atoms with Gasteiger partial charge < -0.3 is 37.9 Å². The van der Waals surface area contributed by atoms with Gasteiger partial charge in [-0.1, -0.05) is 77.0 Å². The molecule has 2 heterocycles. The van der Waals surface area contributed by atoms with E-state index < -0.39 is 11.9 Å². The van der Waals surface area contributed by atoms with Gasteiger partial charge in [-0.2, -0.15) is 0 Å². The van der Waals surface area contributed by atoms with Crippen molar-refractivity contribution in [1.82, 2.24) is 0 Å². The van der Waals surface area contributed by atoms with Gasteiger partial charge in [0.05, 0.1) is 37.1 Å². The average Bonchev–Trinajstić information content (AvgIpc) is 4.22. The third-order valence-corrected chi connectivity index (χ3v) is 10.5. The van der Waals surface area contributed by atoms with Crippen LogP contribution >= 0.6 is 0 Å². The first kappa shape index (κ1) is 44.5. The van der Waals surface area contributed by atoms with Crippen LogP contribution in [0.15, 0.2) is 97.1 Å². The summed E-state index contributed by atoms with van der Waals surface area (Å²) < 4.78 is 44.6. The molecule has 0 bridgehead atoms. The first-order chi connectivity index (χ1) is 29.5. The van der Waals surface area contributed by atoms with Gasteiger partial charge in [0.2, 0.25) is 0 Å². The lowest BCUT2D eigenvalue weighted by molar-refractivity contribution is 0.0725. The van der Waals surface area contributed by atoms with Crippen molar-refractivity contribution in [2.24, 2.45) is 0 Å². The highest BCUT2D eigenvalue weighted by Gasteiger charge is 2.24. The van der Waals surface area contributed by atoms with Crippen molar-refractivity contribution in [3.63, 3.8) is 0 Å². The van der Waals surface area contributed by atoms with Crippen LogP contribution in [0.5, 0.6) is 34.5 Å². The maximum Gasteiger partial charge on any atom is 0.343 e. The van der Waals surface area contributed by atoms with Crippen LogP contribution in [0.1, 0.15) is 124 Å². The molecule has 0 radical (unpaired) electrons. The zero-order valence-corrected chi connectivity index (χ0v) is 35.2. The summed E-state index contributed by atoms with van der Waals surface area (Å²) in [5, 5.41) is 0. The second-order valence-electron chi connectivity index (χ2n) is 15.8. The van der Waals surface area contributed by atoms with Gasteiger partial charge in [0.15, 0.2) is 0 Å². The summed E-state index contributed by atoms with van der Waals surface area (Å²) in [4.78, 5) is 25.2. The minimum atomic E-state index is -0.407. The quantitative estimate of drug-likeness (QED) is 0.0218. The third-order valence-electron chi connectivity index (χ3n) is 10.5. The number of rotatable bonds is 30. The predicted octanol–water partition coefficient (Wildman–Crippen LogP) is 11.4. The molecule has 10 nitrogen and oxygen atoms in total. The van der Waals surface area contributed by atoms with Gasteiger partial charge in [-0.25, -0.2) is 9.59 Å². The van der Waals surface area contributed by atoms with Gasteiger partial charge in [-0.15, -0.1) is 0 Å². The number of hydrogen-bond donors (Lipinski definition) is 0. The second-order valence-corrected chi connectivity index (χ2v) is 15.8. The number of esters is 2. The van der Waals surface area contributed by atoms with Crippen LogP contribution in [0.3, 0.4) is 0 Å². The van der Waals surface area contributed by atoms with Crippen molar-refractivity contribution in [2.75, 3.05) is 33.0 Å². The van der Waals surface area contributed by atoms with Gasteiger partial charge >= 0.3 is 11.9 Å². The molecule has 3 atom stereocenters. The zero-order valence-electron chi connectivity index (χ0n) is 35.2. The van der Waals surface area contributed by atoms with Gasteiger partial charge in [0.1, 0.15) is 59.9 Å². The van der Waals surface area contributed by atoms with Crippen LogP contribution in [0.25, 0.3) is 0 Å². The molecular weight excluding hydrogens is 761 g/mol. The van der Waals surface area contributed by atoms with Crippen LogP contribution in [0.2, 0.25) is 0 Å². The van der Waals surface area contributed by atoms with Gasteiger partial charge in [-0.3, -0.25) is 0 Å². The van der Waals surface area contributed by atoms with Crippen LogP contribution in [-0.2, 0) is 9.47 Å². The van der Waals surface area contributed by atoms with Crippen molar-refractivity contribution in [3.8, 4) is 34.5 Å². The fourth-order valence-electron chi connectivity index (χ4n) is 6.74. The molecule has 322 valence electrons. The van der Waals surface area contributed by atoms with Crippen molar-refractivity contribution in [1.29, 1.82) is 0 Å². The second kappa shape index (κ2) is 24.9. The molecule has 0 N–H and O–H groups in total. The molecule has 2 saturated heterocycles. The summed E-state index contributed by atoms with van der Waals surface area (Å²) in [6.07, 6.45) is 19.2. The Hall–Kier alpha value is -5.06. The lowest BCUT2D eigenvalue weighted by atomic mass is 10.0. The van der Waals surface area contributed by atoms with E-state index in [1.807, 2.05) is 24.3 Å². The first-order valence-corrected chi connectivity index (χ1v) is 22.1. The van der Waals surface area contributed by atoms with E-state index in [4.69, 9.17) is 37.9 Å². The molecule has 3 unspecified atom stereocenters. The first-order valence-electron chi connectivity index (χ1n) is 22.1. The van der Waals surface area contributed by atoms with Crippen molar-refractivity contribution in [2.45, 2.75) is 122 Å². The largest absolute Gasteiger partial charge is 0.494 e. The average molecular weight is 823 g/mol. The maximum atomic E-state index is 12.6. The van der Waals surface area contributed by atoms with E-state index in [-0.39, 0.29) is 18.3 Å². The maximum absolute atomic E-state index is 12.6. The predicted molar refractivity (Wildman–Crippen MR) is 231 cm³/mol. The SMILES string of the molecule is CC(CCCCCCCCCCCCCCCCOc1ccc(C(=O)Oc2ccc(OCC3CO3)cc2)cc1)Oc1ccc(C(=O)Oc2ccc(OCC3CO3)cc2)cc1. The molecule has 4 aromatic rings. The Balaban J connectivity index is 0.686. The molecule has 2 aliphatic heterocycles. The van der Waals surface area contributed by atoms with E-state index >= 15 is 0 Å². The summed E-state index contributed by atoms with van der Waals surface area (Å²) in [6.45, 7) is 5.36. The summed E-state index contributed by atoms with van der Waals surface area (Å²) in [5.41, 5.74) is 0.956. The fraction of sp³-hybridized carbons (Fsp3) is 0.480. The Morgan fingerprint density at radius 1 is 0.467 bits per heavy atom. The Kier molecular flexibility index (Phi) is 18.5. The highest BCUT2D eigenvalue weighted by molar-refractivity contribution is 5.91. The molecular formula is C50H62O10. The van der Waals surface area contributed by atoms with Crippen LogP contribution < -0.4 is 28.4 Å². The molecule has 0 amide bonds. The smallest absolute Gasteiger partial charge is 0.343 e. The number of benzene rings is 4. The third kappa shape index (κ3) is 17.3. The number of carbonyl (C=O) groups excluding carboxylic acids is 2. The number of carbonyl (C=O) groups is 2. The number of epoxide rings is 2. The topological polar surface area (TPSA) is 115 Å². The summed E-state index contributed by atoms with van der Waals surface area (Å²) >= 11 is 0. The molecule has 0 aromatic heterocycles. The van der Waals surface area contributed by atoms with E-state index in [2.05, 4.69) is 6.92 Å². The minimum Gasteiger partial charge on any atom is -0.494 e. The highest BCUT2D eigenvalue weighted by Crippen LogP contribution is 2.24. The van der Waals surface area contributed by atoms with Gasteiger partial charge in [-0.05, 0) is 123 Å². The number of hydrogen-bond acceptors (Lipinski definition) is 10. The zero-order chi connectivity index (χ0) is 41.6. The molecule has 60 heavy (non-hydrogen) atoms. The number of ether oxygens (including phenoxy) is 8. The summed E-state index contributed by atoms with van der Waals surface area (Å²) in [6, 6.07) is 28.3. The molecule has 0 saturated carbocycles. The standard InChI is InChI=1S/C50H62O10/c1-38(58-44-23-19-40(20-24-44)50(52)60-46-31-27-43(28-32-46)55-35-48-37-57-48)16-14-12-10-8-6-4-2-3-5-7-9-11-13-15-33-53-41-21-17-39(18-22-41)49(51)59-45-29-25-42(26-30-45)54-34-47-36-56-47/h17-32,38,47-48H,2-16,33-37H2,1H3. The Morgan fingerprint density at radius 2 is 0.800 bits per heavy atom.